The Balaban J connectivity index is 1.54. The molecule has 1 aromatic carbocycles. The van der Waals surface area contributed by atoms with E-state index in [9.17, 15) is 0 Å². The number of para-hydroxylation sites is 1. The lowest BCUT2D eigenvalue weighted by molar-refractivity contribution is 0.0995. The molecule has 0 aromatic heterocycles. The minimum Gasteiger partial charge on any atom is -0.488 e. The van der Waals surface area contributed by atoms with E-state index in [1.165, 1.54) is 25.1 Å². The van der Waals surface area contributed by atoms with E-state index in [2.05, 4.69) is 48.5 Å². The molecule has 1 saturated heterocycles. The van der Waals surface area contributed by atoms with Gasteiger partial charge in [-0.1, -0.05) is 25.1 Å². The number of nitrogens with one attached hydrogen (secondary N) is 1. The molecule has 19 heavy (non-hydrogen) atoms. The summed E-state index contributed by atoms with van der Waals surface area (Å²) in [5, 5.41) is 3.42. The third-order valence-electron chi connectivity index (χ3n) is 4.54. The third-order valence-corrected chi connectivity index (χ3v) is 4.54. The van der Waals surface area contributed by atoms with Crippen LogP contribution in [0.5, 0.6) is 5.75 Å². The molecule has 1 fully saturated rings. The molecule has 0 amide bonds. The van der Waals surface area contributed by atoms with Gasteiger partial charge in [0.2, 0.25) is 0 Å². The lowest BCUT2D eigenvalue weighted by Crippen LogP contribution is -2.49. The Morgan fingerprint density at radius 1 is 1.37 bits per heavy atom. The molecule has 2 aliphatic rings. The number of hydrogen-bond acceptors (Lipinski definition) is 3. The molecule has 0 aliphatic carbocycles. The summed E-state index contributed by atoms with van der Waals surface area (Å²) in [6.45, 7) is 5.78. The summed E-state index contributed by atoms with van der Waals surface area (Å²) in [7, 11) is 2.08. The monoisotopic (exact) mass is 260 g/mol. The van der Waals surface area contributed by atoms with Crippen molar-refractivity contribution in [3.05, 3.63) is 29.8 Å². The zero-order chi connectivity index (χ0) is 13.2. The lowest BCUT2D eigenvalue weighted by atomic mass is 9.93. The Morgan fingerprint density at radius 2 is 2.21 bits per heavy atom. The maximum absolute atomic E-state index is 6.04. The van der Waals surface area contributed by atoms with Crippen LogP contribution < -0.4 is 10.1 Å². The Labute approximate surface area is 115 Å². The van der Waals surface area contributed by atoms with E-state index in [-0.39, 0.29) is 0 Å². The van der Waals surface area contributed by atoms with E-state index in [0.717, 1.165) is 24.6 Å². The largest absolute Gasteiger partial charge is 0.488 e. The van der Waals surface area contributed by atoms with Crippen LogP contribution in [0, 0.1) is 5.92 Å². The number of hydrogen-bond donors (Lipinski definition) is 1. The van der Waals surface area contributed by atoms with Crippen LogP contribution in [0.2, 0.25) is 0 Å². The molecule has 3 atom stereocenters. The number of likely N-dealkylation sites (tertiary alicyclic amines) is 1. The van der Waals surface area contributed by atoms with Crippen molar-refractivity contribution in [2.24, 2.45) is 5.92 Å². The van der Waals surface area contributed by atoms with Gasteiger partial charge in [-0.2, -0.15) is 0 Å². The normalized spacial score (nSPS) is 30.9. The first-order valence-electron chi connectivity index (χ1n) is 7.40. The lowest BCUT2D eigenvalue weighted by Gasteiger charge is -2.37. The van der Waals surface area contributed by atoms with Gasteiger partial charge in [-0.3, -0.25) is 4.90 Å². The predicted octanol–water partition coefficient (Wildman–Crippen LogP) is 1.92. The average Bonchev–Trinajstić information content (AvgIpc) is 2.81. The number of piperidine rings is 1. The fourth-order valence-corrected chi connectivity index (χ4v) is 3.47. The number of nitrogens with zero attached hydrogens (tertiary/aromatic N) is 1. The van der Waals surface area contributed by atoms with Crippen molar-refractivity contribution in [1.29, 1.82) is 0 Å². The fourth-order valence-electron chi connectivity index (χ4n) is 3.47. The summed E-state index contributed by atoms with van der Waals surface area (Å²) in [6, 6.07) is 9.11. The molecule has 3 heteroatoms. The first-order chi connectivity index (χ1) is 9.26. The van der Waals surface area contributed by atoms with Gasteiger partial charge in [0.25, 0.3) is 0 Å². The average molecular weight is 260 g/mol. The Bertz CT molecular complexity index is 410. The van der Waals surface area contributed by atoms with Gasteiger partial charge in [0.05, 0.1) is 0 Å². The highest BCUT2D eigenvalue weighted by Crippen LogP contribution is 2.29. The zero-order valence-corrected chi connectivity index (χ0v) is 11.9. The number of ether oxygens (including phenoxy) is 1. The molecule has 1 N–H and O–H groups in total. The Morgan fingerprint density at radius 3 is 2.95 bits per heavy atom. The first-order valence-corrected chi connectivity index (χ1v) is 7.40. The van der Waals surface area contributed by atoms with Gasteiger partial charge >= 0.3 is 0 Å². The van der Waals surface area contributed by atoms with Crippen molar-refractivity contribution in [2.75, 3.05) is 26.7 Å². The molecule has 1 aromatic rings. The molecule has 2 aliphatic heterocycles. The van der Waals surface area contributed by atoms with Crippen LogP contribution in [0.15, 0.2) is 24.3 Å². The third kappa shape index (κ3) is 2.77. The van der Waals surface area contributed by atoms with Crippen LogP contribution in [0.4, 0.5) is 0 Å². The minimum atomic E-state index is 0.343. The number of fused-ring (bicyclic) bond motifs is 1. The molecule has 0 spiro atoms. The molecule has 3 nitrogen and oxygen atoms in total. The van der Waals surface area contributed by atoms with Crippen LogP contribution in [0.3, 0.4) is 0 Å². The molecule has 0 bridgehead atoms. The van der Waals surface area contributed by atoms with Crippen LogP contribution >= 0.6 is 0 Å². The maximum Gasteiger partial charge on any atom is 0.123 e. The SMILES string of the molecule is CNC1CCN(CC2Cc3ccccc3O2)CC1C. The molecule has 104 valence electrons. The summed E-state index contributed by atoms with van der Waals surface area (Å²) in [4.78, 5) is 2.56. The van der Waals surface area contributed by atoms with Gasteiger partial charge < -0.3 is 10.1 Å². The van der Waals surface area contributed by atoms with E-state index in [0.29, 0.717) is 12.1 Å². The standard InChI is InChI=1S/C16H24N2O/c1-12-10-18(8-7-15(12)17-2)11-14-9-13-5-3-4-6-16(13)19-14/h3-6,12,14-15,17H,7-11H2,1-2H3. The van der Waals surface area contributed by atoms with Gasteiger partial charge in [0.1, 0.15) is 11.9 Å². The second-order valence-corrected chi connectivity index (χ2v) is 5.97. The van der Waals surface area contributed by atoms with E-state index in [1.807, 2.05) is 0 Å². The first kappa shape index (κ1) is 12.9. The minimum absolute atomic E-state index is 0.343. The summed E-state index contributed by atoms with van der Waals surface area (Å²) in [5.74, 6) is 1.81. The highest BCUT2D eigenvalue weighted by atomic mass is 16.5. The molecule has 3 rings (SSSR count). The van der Waals surface area contributed by atoms with Gasteiger partial charge in [0, 0.05) is 25.6 Å². The second-order valence-electron chi connectivity index (χ2n) is 5.97. The van der Waals surface area contributed by atoms with Crippen LogP contribution in [0.1, 0.15) is 18.9 Å². The van der Waals surface area contributed by atoms with Crippen molar-refractivity contribution >= 4 is 0 Å². The Kier molecular flexibility index (Phi) is 3.76. The van der Waals surface area contributed by atoms with Gasteiger partial charge in [-0.25, -0.2) is 0 Å². The van der Waals surface area contributed by atoms with E-state index >= 15 is 0 Å². The second kappa shape index (κ2) is 5.51. The quantitative estimate of drug-likeness (QED) is 0.898. The van der Waals surface area contributed by atoms with Crippen molar-refractivity contribution in [2.45, 2.75) is 31.9 Å². The van der Waals surface area contributed by atoms with E-state index < -0.39 is 0 Å². The van der Waals surface area contributed by atoms with Gasteiger partial charge in [-0.05, 0) is 37.6 Å². The Hall–Kier alpha value is -1.06. The van der Waals surface area contributed by atoms with E-state index in [1.54, 1.807) is 0 Å². The maximum atomic E-state index is 6.04. The summed E-state index contributed by atoms with van der Waals surface area (Å²) < 4.78 is 6.04. The summed E-state index contributed by atoms with van der Waals surface area (Å²) in [5.41, 5.74) is 1.37. The molecule has 3 unspecified atom stereocenters. The number of rotatable bonds is 3. The number of benzene rings is 1. The predicted molar refractivity (Wildman–Crippen MR) is 77.6 cm³/mol. The highest BCUT2D eigenvalue weighted by Gasteiger charge is 2.29. The van der Waals surface area contributed by atoms with Crippen molar-refractivity contribution in [1.82, 2.24) is 10.2 Å². The van der Waals surface area contributed by atoms with Crippen LogP contribution in [-0.2, 0) is 6.42 Å². The van der Waals surface area contributed by atoms with Gasteiger partial charge in [-0.15, -0.1) is 0 Å². The molecular formula is C16H24N2O. The smallest absolute Gasteiger partial charge is 0.123 e. The molecule has 0 saturated carbocycles. The fraction of sp³-hybridized carbons (Fsp3) is 0.625. The van der Waals surface area contributed by atoms with Crippen molar-refractivity contribution in [3.63, 3.8) is 0 Å². The van der Waals surface area contributed by atoms with E-state index in [4.69, 9.17) is 4.74 Å². The highest BCUT2D eigenvalue weighted by molar-refractivity contribution is 5.37. The summed E-state index contributed by atoms with van der Waals surface area (Å²) in [6.07, 6.45) is 2.66. The van der Waals surface area contributed by atoms with Gasteiger partial charge in [0.15, 0.2) is 0 Å². The van der Waals surface area contributed by atoms with Crippen LogP contribution in [-0.4, -0.2) is 43.7 Å². The molecule has 0 radical (unpaired) electrons. The molecular weight excluding hydrogens is 236 g/mol. The topological polar surface area (TPSA) is 24.5 Å². The van der Waals surface area contributed by atoms with Crippen LogP contribution in [0.25, 0.3) is 0 Å². The van der Waals surface area contributed by atoms with Crippen molar-refractivity contribution < 1.29 is 4.74 Å². The molecule has 2 heterocycles. The summed E-state index contributed by atoms with van der Waals surface area (Å²) >= 11 is 0. The van der Waals surface area contributed by atoms with Crippen molar-refractivity contribution in [3.8, 4) is 5.75 Å². The zero-order valence-electron chi connectivity index (χ0n) is 11.9.